The van der Waals surface area contributed by atoms with Gasteiger partial charge >= 0.3 is 0 Å². The van der Waals surface area contributed by atoms with Gasteiger partial charge in [0.1, 0.15) is 62.8 Å². The number of anilines is 2. The summed E-state index contributed by atoms with van der Waals surface area (Å²) in [5.74, 6) is 0. The lowest BCUT2D eigenvalue weighted by Gasteiger charge is -2.41. The average molecular weight is 546 g/mol. The van der Waals surface area contributed by atoms with E-state index in [2.05, 4.69) is 51.2 Å². The Morgan fingerprint density at radius 3 is 1.64 bits per heavy atom. The Balaban J connectivity index is 1.79. The molecule has 0 fully saturated rings. The van der Waals surface area contributed by atoms with Crippen molar-refractivity contribution in [3.63, 3.8) is 0 Å². The van der Waals surface area contributed by atoms with Crippen LogP contribution in [0.3, 0.4) is 0 Å². The Hall–Kier alpha value is -2.06. The van der Waals surface area contributed by atoms with Gasteiger partial charge in [-0.1, -0.05) is 81.3 Å². The van der Waals surface area contributed by atoms with E-state index in [0.717, 1.165) is 23.2 Å². The lowest BCUT2D eigenvalue weighted by molar-refractivity contribution is 0.332. The minimum Gasteiger partial charge on any atom is -0.347 e. The highest BCUT2D eigenvalue weighted by Crippen LogP contribution is 2.48. The maximum Gasteiger partial charge on any atom is 0.115 e. The smallest absolute Gasteiger partial charge is 0.115 e. The second kappa shape index (κ2) is 10.3. The largest absolute Gasteiger partial charge is 0.347 e. The highest BCUT2D eigenvalue weighted by atomic mass is 32.1. The van der Waals surface area contributed by atoms with Crippen LogP contribution in [0.1, 0.15) is 78.0 Å². The number of fused-ring (bicyclic) bond motifs is 2. The molecule has 1 aromatic heterocycles. The Kier molecular flexibility index (Phi) is 7.66. The molecule has 1 heterocycles. The van der Waals surface area contributed by atoms with Crippen LogP contribution >= 0.6 is 11.3 Å². The van der Waals surface area contributed by atoms with Gasteiger partial charge < -0.3 is 5.32 Å². The van der Waals surface area contributed by atoms with Gasteiger partial charge in [-0.3, -0.25) is 0 Å². The normalized spacial score (nSPS) is 16.0. The van der Waals surface area contributed by atoms with Crippen LogP contribution in [-0.2, 0) is 16.2 Å². The van der Waals surface area contributed by atoms with E-state index < -0.39 is 5.41 Å². The second-order valence-electron chi connectivity index (χ2n) is 14.0. The summed E-state index contributed by atoms with van der Waals surface area (Å²) in [4.78, 5) is 0. The van der Waals surface area contributed by atoms with Gasteiger partial charge in [-0.05, 0) is 74.9 Å². The van der Waals surface area contributed by atoms with Crippen molar-refractivity contribution in [3.8, 4) is 11.1 Å². The minimum atomic E-state index is -0.444. The van der Waals surface area contributed by atoms with Crippen molar-refractivity contribution in [2.45, 2.75) is 77.6 Å². The molecule has 0 bridgehead atoms. The summed E-state index contributed by atoms with van der Waals surface area (Å²) >= 11 is 1.64. The first-order valence-electron chi connectivity index (χ1n) is 14.2. The zero-order chi connectivity index (χ0) is 31.3. The summed E-state index contributed by atoms with van der Waals surface area (Å²) in [6.07, 6.45) is 2.28. The molecular weight excluding hydrogens is 517 g/mol. The summed E-state index contributed by atoms with van der Waals surface area (Å²) in [7, 11) is 52.2. The summed E-state index contributed by atoms with van der Waals surface area (Å²) < 4.78 is 1.18. The van der Waals surface area contributed by atoms with Gasteiger partial charge in [0, 0.05) is 10.4 Å². The van der Waals surface area contributed by atoms with Gasteiger partial charge in [0.05, 0.1) is 5.00 Å². The molecule has 16 radical (unpaired) electrons. The fourth-order valence-corrected chi connectivity index (χ4v) is 7.40. The molecule has 5 rings (SSSR count). The number of hydrogen-bond donors (Lipinski definition) is 1. The fraction of sp³-hybridized carbons (Fsp3) is 0.375. The van der Waals surface area contributed by atoms with Crippen molar-refractivity contribution in [2.24, 2.45) is 0 Å². The summed E-state index contributed by atoms with van der Waals surface area (Å²) in [5.41, 5.74) is 6.41. The van der Waals surface area contributed by atoms with Crippen LogP contribution in [0, 0.1) is 0 Å². The quantitative estimate of drug-likeness (QED) is 0.366. The fourth-order valence-electron chi connectivity index (χ4n) is 6.41. The lowest BCUT2D eigenvalue weighted by atomic mass is 9.57. The van der Waals surface area contributed by atoms with E-state index in [9.17, 15) is 0 Å². The Labute approximate surface area is 266 Å². The van der Waals surface area contributed by atoms with Crippen molar-refractivity contribution in [1.82, 2.24) is 0 Å². The minimum absolute atomic E-state index is 0.0991. The van der Waals surface area contributed by atoms with Gasteiger partial charge in [-0.25, -0.2) is 0 Å². The Morgan fingerprint density at radius 2 is 1.12 bits per heavy atom. The topological polar surface area (TPSA) is 12.0 Å². The molecule has 42 heavy (non-hydrogen) atoms. The van der Waals surface area contributed by atoms with Crippen LogP contribution in [0.5, 0.6) is 0 Å². The highest BCUT2D eigenvalue weighted by Gasteiger charge is 2.37. The van der Waals surface area contributed by atoms with Crippen LogP contribution in [0.15, 0.2) is 18.2 Å². The molecule has 0 amide bonds. The Morgan fingerprint density at radius 1 is 0.619 bits per heavy atom. The summed E-state index contributed by atoms with van der Waals surface area (Å²) in [6.45, 7) is 15.3. The molecule has 0 saturated carbocycles. The number of hydrogen-bond acceptors (Lipinski definition) is 2. The third kappa shape index (κ3) is 4.89. The van der Waals surface area contributed by atoms with E-state index in [-0.39, 0.29) is 38.1 Å². The monoisotopic (exact) mass is 547 g/mol. The third-order valence-corrected chi connectivity index (χ3v) is 10.1. The van der Waals surface area contributed by atoms with Crippen LogP contribution in [-0.4, -0.2) is 62.8 Å². The number of benzene rings is 3. The van der Waals surface area contributed by atoms with Crippen LogP contribution in [0.4, 0.5) is 10.7 Å². The highest BCUT2D eigenvalue weighted by molar-refractivity contribution is 7.22. The molecule has 10 heteroatoms. The maximum absolute atomic E-state index is 6.92. The van der Waals surface area contributed by atoms with Crippen molar-refractivity contribution in [3.05, 3.63) is 34.9 Å². The van der Waals surface area contributed by atoms with E-state index in [0.29, 0.717) is 38.8 Å². The zero-order valence-electron chi connectivity index (χ0n) is 25.7. The van der Waals surface area contributed by atoms with Gasteiger partial charge in [0.15, 0.2) is 0 Å². The number of rotatable bonds is 3. The van der Waals surface area contributed by atoms with Gasteiger partial charge in [-0.2, -0.15) is 0 Å². The standard InChI is InChI=1S/C32H29B8NS/c1-30(2,3)20-21(33)19(18-22(34)25(37)27(39)26(38)23(18)35)29(28(40)24(20)36)41-17-11-13-10-14-15(12-16(13)42-17)32(6,7)9-8-31(14,4)5/h10-12,41H,8-9H2,1-7H3. The Bertz CT molecular complexity index is 1700. The molecule has 0 saturated heterocycles. The van der Waals surface area contributed by atoms with E-state index in [1.807, 2.05) is 20.8 Å². The molecule has 0 atom stereocenters. The predicted octanol–water partition coefficient (Wildman–Crippen LogP) is 0.309. The van der Waals surface area contributed by atoms with Crippen LogP contribution < -0.4 is 49.0 Å². The molecule has 192 valence electrons. The molecular formula is C32H29B8NS. The van der Waals surface area contributed by atoms with Crippen molar-refractivity contribution in [1.29, 1.82) is 0 Å². The van der Waals surface area contributed by atoms with E-state index >= 15 is 0 Å². The number of nitrogens with one attached hydrogen (secondary N) is 1. The zero-order valence-corrected chi connectivity index (χ0v) is 26.5. The predicted molar refractivity (Wildman–Crippen MR) is 194 cm³/mol. The van der Waals surface area contributed by atoms with Crippen molar-refractivity contribution >= 4 is 139 Å². The second-order valence-corrected chi connectivity index (χ2v) is 15.1. The molecule has 1 aliphatic carbocycles. The molecule has 0 spiro atoms. The molecule has 1 aliphatic rings. The van der Waals surface area contributed by atoms with Gasteiger partial charge in [0.25, 0.3) is 0 Å². The number of thiophene rings is 1. The van der Waals surface area contributed by atoms with E-state index in [1.54, 1.807) is 11.3 Å². The molecule has 1 nitrogen and oxygen atoms in total. The van der Waals surface area contributed by atoms with Crippen LogP contribution in [0.25, 0.3) is 21.2 Å². The van der Waals surface area contributed by atoms with Crippen molar-refractivity contribution in [2.75, 3.05) is 5.32 Å². The first-order valence-corrected chi connectivity index (χ1v) is 15.0. The molecule has 0 aliphatic heterocycles. The molecule has 0 unspecified atom stereocenters. The van der Waals surface area contributed by atoms with E-state index in [4.69, 9.17) is 62.8 Å². The van der Waals surface area contributed by atoms with Gasteiger partial charge in [0.2, 0.25) is 0 Å². The molecule has 1 N–H and O–H groups in total. The first kappa shape index (κ1) is 31.4. The molecule has 4 aromatic rings. The van der Waals surface area contributed by atoms with E-state index in [1.165, 1.54) is 15.8 Å². The average Bonchev–Trinajstić information content (AvgIpc) is 3.29. The maximum atomic E-state index is 6.92. The van der Waals surface area contributed by atoms with Crippen LogP contribution in [0.2, 0.25) is 0 Å². The lowest BCUT2D eigenvalue weighted by Crippen LogP contribution is -2.56. The summed E-state index contributed by atoms with van der Waals surface area (Å²) in [5, 5.41) is 5.56. The van der Waals surface area contributed by atoms with Gasteiger partial charge in [-0.15, -0.1) is 27.7 Å². The first-order chi connectivity index (χ1) is 19.3. The summed E-state index contributed by atoms with van der Waals surface area (Å²) in [6, 6.07) is 6.80. The SMILES string of the molecule is [B]c1c([B])c([B])c(-c2c([B])c(C(C)(C)C)c([B])c([B])c2Nc2cc3cc4c(cc3s2)C(C)(C)CCC4(C)C)c([B])c1[B]. The third-order valence-electron chi connectivity index (χ3n) is 9.05. The van der Waals surface area contributed by atoms with Crippen molar-refractivity contribution < 1.29 is 0 Å². The molecule has 3 aromatic carbocycles.